The lowest BCUT2D eigenvalue weighted by Crippen LogP contribution is -2.48. The van der Waals surface area contributed by atoms with Crippen LogP contribution >= 0.6 is 11.6 Å². The molecule has 1 fully saturated rings. The van der Waals surface area contributed by atoms with Gasteiger partial charge in [0.25, 0.3) is 5.91 Å². The lowest BCUT2D eigenvalue weighted by molar-refractivity contribution is -0.146. The standard InChI is InChI=1S/C22H24ClN3O2/c1-22(2,28-17-10-11-18-20(13-17)25(3)14-24-18)21(27)26-12-4-5-19(26)15-6-8-16(23)9-7-15/h6-11,13-14,19H,4-5,12H2,1-3H3. The third-order valence-electron chi connectivity index (χ3n) is 5.35. The smallest absolute Gasteiger partial charge is 0.266 e. The van der Waals surface area contributed by atoms with Crippen molar-refractivity contribution >= 4 is 28.5 Å². The summed E-state index contributed by atoms with van der Waals surface area (Å²) in [5.74, 6) is 0.659. The average molecular weight is 398 g/mol. The van der Waals surface area contributed by atoms with Gasteiger partial charge in [-0.2, -0.15) is 0 Å². The van der Waals surface area contributed by atoms with Crippen molar-refractivity contribution < 1.29 is 9.53 Å². The maximum absolute atomic E-state index is 13.4. The van der Waals surface area contributed by atoms with Gasteiger partial charge >= 0.3 is 0 Å². The van der Waals surface area contributed by atoms with Gasteiger partial charge in [0.2, 0.25) is 0 Å². The Morgan fingerprint density at radius 3 is 2.71 bits per heavy atom. The Morgan fingerprint density at radius 1 is 1.21 bits per heavy atom. The van der Waals surface area contributed by atoms with Gasteiger partial charge in [-0.15, -0.1) is 0 Å². The quantitative estimate of drug-likeness (QED) is 0.638. The Morgan fingerprint density at radius 2 is 1.96 bits per heavy atom. The number of imidazole rings is 1. The van der Waals surface area contributed by atoms with E-state index in [9.17, 15) is 4.79 Å². The fourth-order valence-electron chi connectivity index (χ4n) is 3.89. The lowest BCUT2D eigenvalue weighted by atomic mass is 10.0. The van der Waals surface area contributed by atoms with Crippen LogP contribution in [0.2, 0.25) is 5.02 Å². The number of likely N-dealkylation sites (tertiary alicyclic amines) is 1. The second-order valence-corrected chi connectivity index (χ2v) is 8.26. The molecule has 2 aromatic carbocycles. The highest BCUT2D eigenvalue weighted by molar-refractivity contribution is 6.30. The van der Waals surface area contributed by atoms with Crippen molar-refractivity contribution in [2.45, 2.75) is 38.3 Å². The van der Waals surface area contributed by atoms with Crippen molar-refractivity contribution in [1.82, 2.24) is 14.5 Å². The first-order valence-corrected chi connectivity index (χ1v) is 9.89. The van der Waals surface area contributed by atoms with Crippen molar-refractivity contribution in [1.29, 1.82) is 0 Å². The predicted octanol–water partition coefficient (Wildman–Crippen LogP) is 4.75. The Kier molecular flexibility index (Phi) is 4.79. The van der Waals surface area contributed by atoms with Crippen LogP contribution in [0, 0.1) is 0 Å². The molecule has 146 valence electrons. The molecule has 28 heavy (non-hydrogen) atoms. The highest BCUT2D eigenvalue weighted by Crippen LogP contribution is 2.35. The molecule has 1 aromatic heterocycles. The maximum atomic E-state index is 13.4. The van der Waals surface area contributed by atoms with E-state index in [1.54, 1.807) is 6.33 Å². The molecule has 0 radical (unpaired) electrons. The summed E-state index contributed by atoms with van der Waals surface area (Å²) in [7, 11) is 1.94. The number of carbonyl (C=O) groups is 1. The summed E-state index contributed by atoms with van der Waals surface area (Å²) >= 11 is 6.02. The number of amides is 1. The van der Waals surface area contributed by atoms with Crippen molar-refractivity contribution in [2.24, 2.45) is 7.05 Å². The summed E-state index contributed by atoms with van der Waals surface area (Å²) in [5.41, 5.74) is 2.02. The summed E-state index contributed by atoms with van der Waals surface area (Å²) in [5, 5.41) is 0.703. The van der Waals surface area contributed by atoms with Gasteiger partial charge in [0.15, 0.2) is 5.60 Å². The van der Waals surface area contributed by atoms with Crippen LogP contribution < -0.4 is 4.74 Å². The van der Waals surface area contributed by atoms with Gasteiger partial charge in [0.1, 0.15) is 5.75 Å². The van der Waals surface area contributed by atoms with Crippen LogP contribution in [-0.2, 0) is 11.8 Å². The molecule has 1 amide bonds. The number of nitrogens with zero attached hydrogens (tertiary/aromatic N) is 3. The normalized spacial score (nSPS) is 17.3. The van der Waals surface area contributed by atoms with Crippen molar-refractivity contribution in [3.05, 3.63) is 59.4 Å². The Bertz CT molecular complexity index is 1010. The molecule has 1 atom stereocenters. The van der Waals surface area contributed by atoms with E-state index in [-0.39, 0.29) is 11.9 Å². The van der Waals surface area contributed by atoms with E-state index >= 15 is 0 Å². The van der Waals surface area contributed by atoms with Crippen LogP contribution in [0.25, 0.3) is 11.0 Å². The molecule has 0 aliphatic carbocycles. The number of hydrogen-bond acceptors (Lipinski definition) is 3. The zero-order chi connectivity index (χ0) is 19.9. The molecule has 5 nitrogen and oxygen atoms in total. The highest BCUT2D eigenvalue weighted by Gasteiger charge is 2.40. The molecule has 0 N–H and O–H groups in total. The number of ether oxygens (including phenoxy) is 1. The summed E-state index contributed by atoms with van der Waals surface area (Å²) in [6.45, 7) is 4.40. The molecule has 1 unspecified atom stereocenters. The minimum atomic E-state index is -0.971. The topological polar surface area (TPSA) is 47.4 Å². The number of rotatable bonds is 4. The van der Waals surface area contributed by atoms with Crippen molar-refractivity contribution in [3.63, 3.8) is 0 Å². The second kappa shape index (κ2) is 7.13. The van der Waals surface area contributed by atoms with E-state index in [0.29, 0.717) is 10.8 Å². The van der Waals surface area contributed by atoms with E-state index in [4.69, 9.17) is 16.3 Å². The Balaban J connectivity index is 1.56. The monoisotopic (exact) mass is 397 g/mol. The third kappa shape index (κ3) is 3.47. The van der Waals surface area contributed by atoms with Crippen LogP contribution in [0.4, 0.5) is 0 Å². The van der Waals surface area contributed by atoms with E-state index < -0.39 is 5.60 Å². The van der Waals surface area contributed by atoms with Crippen LogP contribution in [0.15, 0.2) is 48.8 Å². The third-order valence-corrected chi connectivity index (χ3v) is 5.61. The molecule has 1 saturated heterocycles. The van der Waals surface area contributed by atoms with Gasteiger partial charge in [-0.3, -0.25) is 4.79 Å². The molecule has 0 bridgehead atoms. The zero-order valence-corrected chi connectivity index (χ0v) is 17.1. The maximum Gasteiger partial charge on any atom is 0.266 e. The second-order valence-electron chi connectivity index (χ2n) is 7.83. The first kappa shape index (κ1) is 18.8. The van der Waals surface area contributed by atoms with Gasteiger partial charge in [-0.05, 0) is 56.5 Å². The fourth-order valence-corrected chi connectivity index (χ4v) is 4.02. The Labute approximate surface area is 169 Å². The molecule has 3 aromatic rings. The summed E-state index contributed by atoms with van der Waals surface area (Å²) < 4.78 is 8.10. The van der Waals surface area contributed by atoms with Gasteiger partial charge < -0.3 is 14.2 Å². The van der Waals surface area contributed by atoms with Crippen LogP contribution in [-0.4, -0.2) is 32.5 Å². The number of aryl methyl sites for hydroxylation is 1. The molecule has 0 saturated carbocycles. The Hall–Kier alpha value is -2.53. The summed E-state index contributed by atoms with van der Waals surface area (Å²) in [4.78, 5) is 19.6. The minimum absolute atomic E-state index is 0.00458. The number of aromatic nitrogens is 2. The minimum Gasteiger partial charge on any atom is -0.478 e. The van der Waals surface area contributed by atoms with E-state index in [0.717, 1.165) is 36.0 Å². The van der Waals surface area contributed by atoms with Crippen LogP contribution in [0.3, 0.4) is 0 Å². The van der Waals surface area contributed by atoms with Gasteiger partial charge in [0, 0.05) is 24.7 Å². The van der Waals surface area contributed by atoms with Crippen LogP contribution in [0.1, 0.15) is 38.3 Å². The molecule has 6 heteroatoms. The highest BCUT2D eigenvalue weighted by atomic mass is 35.5. The summed E-state index contributed by atoms with van der Waals surface area (Å²) in [6.07, 6.45) is 3.70. The molecule has 4 rings (SSSR count). The summed E-state index contributed by atoms with van der Waals surface area (Å²) in [6, 6.07) is 13.5. The van der Waals surface area contributed by atoms with E-state index in [2.05, 4.69) is 4.98 Å². The number of fused-ring (bicyclic) bond motifs is 1. The molecule has 2 heterocycles. The molecule has 0 spiro atoms. The van der Waals surface area contributed by atoms with Crippen molar-refractivity contribution in [2.75, 3.05) is 6.54 Å². The van der Waals surface area contributed by atoms with Crippen molar-refractivity contribution in [3.8, 4) is 5.75 Å². The van der Waals surface area contributed by atoms with E-state index in [1.807, 2.05) is 72.8 Å². The largest absolute Gasteiger partial charge is 0.478 e. The number of halogens is 1. The van der Waals surface area contributed by atoms with E-state index in [1.165, 1.54) is 0 Å². The first-order valence-electron chi connectivity index (χ1n) is 9.52. The van der Waals surface area contributed by atoms with Gasteiger partial charge in [-0.25, -0.2) is 4.98 Å². The lowest BCUT2D eigenvalue weighted by Gasteiger charge is -2.33. The van der Waals surface area contributed by atoms with Gasteiger partial charge in [0.05, 0.1) is 23.4 Å². The average Bonchev–Trinajstić information content (AvgIpc) is 3.29. The SMILES string of the molecule is Cn1cnc2ccc(OC(C)(C)C(=O)N3CCCC3c3ccc(Cl)cc3)cc21. The number of hydrogen-bond donors (Lipinski definition) is 0. The number of benzene rings is 2. The first-order chi connectivity index (χ1) is 13.3. The van der Waals surface area contributed by atoms with Gasteiger partial charge in [-0.1, -0.05) is 23.7 Å². The molecular weight excluding hydrogens is 374 g/mol. The number of carbonyl (C=O) groups excluding carboxylic acids is 1. The predicted molar refractivity (Wildman–Crippen MR) is 111 cm³/mol. The molecule has 1 aliphatic rings. The fraction of sp³-hybridized carbons (Fsp3) is 0.364. The van der Waals surface area contributed by atoms with Crippen LogP contribution in [0.5, 0.6) is 5.75 Å². The molecule has 1 aliphatic heterocycles. The molecular formula is C22H24ClN3O2. The zero-order valence-electron chi connectivity index (χ0n) is 16.4.